The lowest BCUT2D eigenvalue weighted by atomic mass is 10.1. The quantitative estimate of drug-likeness (QED) is 0.810. The molecule has 1 fully saturated rings. The van der Waals surface area contributed by atoms with E-state index >= 15 is 0 Å². The largest absolute Gasteiger partial charge is 0.377 e. The smallest absolute Gasteiger partial charge is 0.163 e. The van der Waals surface area contributed by atoms with Crippen molar-refractivity contribution in [1.82, 2.24) is 19.7 Å². The molecule has 3 rings (SSSR count). The number of methoxy groups -OCH3 is 1. The van der Waals surface area contributed by atoms with Gasteiger partial charge in [-0.15, -0.1) is 0 Å². The lowest BCUT2D eigenvalue weighted by Crippen LogP contribution is -2.40. The summed E-state index contributed by atoms with van der Waals surface area (Å²) >= 11 is 0. The number of nitrogens with zero attached hydrogens (tertiary/aromatic N) is 5. The Labute approximate surface area is 136 Å². The van der Waals surface area contributed by atoms with Crippen LogP contribution < -0.4 is 4.90 Å². The molecule has 0 radical (unpaired) electrons. The first-order chi connectivity index (χ1) is 11.2. The summed E-state index contributed by atoms with van der Waals surface area (Å²) in [6, 6.07) is 0. The zero-order valence-corrected chi connectivity index (χ0v) is 14.2. The van der Waals surface area contributed by atoms with Crippen LogP contribution in [-0.2, 0) is 23.1 Å². The van der Waals surface area contributed by atoms with Crippen molar-refractivity contribution in [3.63, 3.8) is 0 Å². The molecule has 0 amide bonds. The number of ether oxygens (including phenoxy) is 2. The standard InChI is InChI=1S/C16H25N5O2/c1-4-8-23-12-6-5-7-21(10-12)16-13-9-17-20(2)15(13)18-14(19-16)11-22-3/h9,12H,4-8,10-11H2,1-3H3/t12-/m1/s1. The van der Waals surface area contributed by atoms with Gasteiger partial charge in [0.2, 0.25) is 0 Å². The zero-order valence-electron chi connectivity index (χ0n) is 14.2. The van der Waals surface area contributed by atoms with Crippen LogP contribution in [0.15, 0.2) is 6.20 Å². The van der Waals surface area contributed by atoms with Crippen molar-refractivity contribution in [2.45, 2.75) is 38.9 Å². The highest BCUT2D eigenvalue weighted by Gasteiger charge is 2.24. The molecular weight excluding hydrogens is 294 g/mol. The molecule has 1 aliphatic heterocycles. The average Bonchev–Trinajstić information content (AvgIpc) is 2.94. The number of hydrogen-bond donors (Lipinski definition) is 0. The Morgan fingerprint density at radius 1 is 1.35 bits per heavy atom. The number of anilines is 1. The first-order valence-electron chi connectivity index (χ1n) is 8.27. The molecule has 0 aromatic carbocycles. The summed E-state index contributed by atoms with van der Waals surface area (Å²) in [5.74, 6) is 1.63. The summed E-state index contributed by atoms with van der Waals surface area (Å²) in [7, 11) is 3.56. The van der Waals surface area contributed by atoms with E-state index in [0.29, 0.717) is 12.4 Å². The Morgan fingerprint density at radius 3 is 3.00 bits per heavy atom. The van der Waals surface area contributed by atoms with Crippen LogP contribution in [0.25, 0.3) is 11.0 Å². The zero-order chi connectivity index (χ0) is 16.2. The van der Waals surface area contributed by atoms with E-state index < -0.39 is 0 Å². The molecule has 126 valence electrons. The Hall–Kier alpha value is -1.73. The number of rotatable bonds is 6. The topological polar surface area (TPSA) is 65.3 Å². The molecule has 0 spiro atoms. The number of aryl methyl sites for hydroxylation is 1. The van der Waals surface area contributed by atoms with Crippen molar-refractivity contribution < 1.29 is 9.47 Å². The number of fused-ring (bicyclic) bond motifs is 1. The van der Waals surface area contributed by atoms with E-state index in [9.17, 15) is 0 Å². The van der Waals surface area contributed by atoms with E-state index in [1.807, 2.05) is 13.2 Å². The van der Waals surface area contributed by atoms with E-state index in [-0.39, 0.29) is 6.10 Å². The highest BCUT2D eigenvalue weighted by atomic mass is 16.5. The Kier molecular flexibility index (Phi) is 5.07. The summed E-state index contributed by atoms with van der Waals surface area (Å²) in [5, 5.41) is 5.33. The molecule has 0 unspecified atom stereocenters. The van der Waals surface area contributed by atoms with E-state index in [0.717, 1.165) is 55.8 Å². The fourth-order valence-corrected chi connectivity index (χ4v) is 3.04. The van der Waals surface area contributed by atoms with Gasteiger partial charge < -0.3 is 14.4 Å². The molecule has 1 aliphatic rings. The summed E-state index contributed by atoms with van der Waals surface area (Å²) in [4.78, 5) is 11.6. The van der Waals surface area contributed by atoms with Crippen LogP contribution in [-0.4, -0.2) is 52.7 Å². The molecule has 1 saturated heterocycles. The number of hydrogen-bond acceptors (Lipinski definition) is 6. The van der Waals surface area contributed by atoms with E-state index in [2.05, 4.69) is 21.9 Å². The second-order valence-electron chi connectivity index (χ2n) is 5.98. The average molecular weight is 319 g/mol. The van der Waals surface area contributed by atoms with Crippen molar-refractivity contribution in [2.24, 2.45) is 7.05 Å². The summed E-state index contributed by atoms with van der Waals surface area (Å²) in [6.07, 6.45) is 5.39. The minimum atomic E-state index is 0.274. The van der Waals surface area contributed by atoms with Gasteiger partial charge in [-0.2, -0.15) is 5.10 Å². The summed E-state index contributed by atoms with van der Waals surface area (Å²) < 4.78 is 12.9. The fraction of sp³-hybridized carbons (Fsp3) is 0.688. The Morgan fingerprint density at radius 2 is 2.22 bits per heavy atom. The predicted molar refractivity (Wildman–Crippen MR) is 88.5 cm³/mol. The van der Waals surface area contributed by atoms with Gasteiger partial charge in [0.1, 0.15) is 12.4 Å². The third-order valence-electron chi connectivity index (χ3n) is 4.13. The SMILES string of the molecule is CCCO[C@@H]1CCCN(c2nc(COC)nc3c2cnn3C)C1. The first kappa shape index (κ1) is 16.1. The molecule has 7 heteroatoms. The van der Waals surface area contributed by atoms with Crippen LogP contribution in [0.3, 0.4) is 0 Å². The van der Waals surface area contributed by atoms with Gasteiger partial charge >= 0.3 is 0 Å². The van der Waals surface area contributed by atoms with E-state index in [1.54, 1.807) is 11.8 Å². The minimum absolute atomic E-state index is 0.274. The van der Waals surface area contributed by atoms with Gasteiger partial charge in [0, 0.05) is 33.9 Å². The van der Waals surface area contributed by atoms with E-state index in [4.69, 9.17) is 14.5 Å². The van der Waals surface area contributed by atoms with Gasteiger partial charge in [0.15, 0.2) is 11.5 Å². The minimum Gasteiger partial charge on any atom is -0.377 e. The van der Waals surface area contributed by atoms with Crippen LogP contribution in [0.5, 0.6) is 0 Å². The fourth-order valence-electron chi connectivity index (χ4n) is 3.04. The first-order valence-corrected chi connectivity index (χ1v) is 8.27. The predicted octanol–water partition coefficient (Wildman–Crippen LogP) is 1.91. The van der Waals surface area contributed by atoms with Crippen LogP contribution in [0.2, 0.25) is 0 Å². The van der Waals surface area contributed by atoms with Gasteiger partial charge in [-0.05, 0) is 19.3 Å². The van der Waals surface area contributed by atoms with Crippen LogP contribution >= 0.6 is 0 Å². The molecule has 0 aliphatic carbocycles. The molecule has 0 saturated carbocycles. The monoisotopic (exact) mass is 319 g/mol. The molecule has 3 heterocycles. The van der Waals surface area contributed by atoms with Crippen LogP contribution in [0, 0.1) is 0 Å². The van der Waals surface area contributed by atoms with Crippen LogP contribution in [0.1, 0.15) is 32.0 Å². The highest BCUT2D eigenvalue weighted by Crippen LogP contribution is 2.27. The third kappa shape index (κ3) is 3.45. The van der Waals surface area contributed by atoms with Crippen molar-refractivity contribution in [1.29, 1.82) is 0 Å². The number of aromatic nitrogens is 4. The maximum absolute atomic E-state index is 5.95. The van der Waals surface area contributed by atoms with Crippen LogP contribution in [0.4, 0.5) is 5.82 Å². The third-order valence-corrected chi connectivity index (χ3v) is 4.13. The summed E-state index contributed by atoms with van der Waals surface area (Å²) in [5.41, 5.74) is 0.846. The lowest BCUT2D eigenvalue weighted by molar-refractivity contribution is 0.0439. The van der Waals surface area contributed by atoms with Gasteiger partial charge in [0.05, 0.1) is 17.7 Å². The van der Waals surface area contributed by atoms with Gasteiger partial charge in [0.25, 0.3) is 0 Å². The second-order valence-corrected chi connectivity index (χ2v) is 5.98. The summed E-state index contributed by atoms with van der Waals surface area (Å²) in [6.45, 7) is 5.21. The molecule has 0 N–H and O–H groups in total. The maximum atomic E-state index is 5.95. The van der Waals surface area contributed by atoms with Crippen molar-refractivity contribution in [3.8, 4) is 0 Å². The van der Waals surface area contributed by atoms with Gasteiger partial charge in [-0.3, -0.25) is 4.68 Å². The molecule has 23 heavy (non-hydrogen) atoms. The molecule has 0 bridgehead atoms. The second kappa shape index (κ2) is 7.23. The normalized spacial score (nSPS) is 18.7. The van der Waals surface area contributed by atoms with Crippen molar-refractivity contribution in [3.05, 3.63) is 12.0 Å². The van der Waals surface area contributed by atoms with E-state index in [1.165, 1.54) is 0 Å². The van der Waals surface area contributed by atoms with Gasteiger partial charge in [-0.1, -0.05) is 6.92 Å². The molecule has 2 aromatic rings. The Balaban J connectivity index is 1.91. The number of piperidine rings is 1. The molecular formula is C16H25N5O2. The molecule has 7 nitrogen and oxygen atoms in total. The highest BCUT2D eigenvalue weighted by molar-refractivity contribution is 5.87. The van der Waals surface area contributed by atoms with Crippen molar-refractivity contribution >= 4 is 16.9 Å². The van der Waals surface area contributed by atoms with Crippen molar-refractivity contribution in [2.75, 3.05) is 31.7 Å². The van der Waals surface area contributed by atoms with Gasteiger partial charge in [-0.25, -0.2) is 9.97 Å². The Bertz CT molecular complexity index is 657. The lowest BCUT2D eigenvalue weighted by Gasteiger charge is -2.33. The molecule has 1 atom stereocenters. The maximum Gasteiger partial charge on any atom is 0.163 e. The molecule has 2 aromatic heterocycles.